The molecule has 0 aliphatic carbocycles. The zero-order valence-corrected chi connectivity index (χ0v) is 18.1. The fraction of sp³-hybridized carbons (Fsp3) is 0.160. The molecular weight excluding hydrogens is 398 g/mol. The second-order valence-electron chi connectivity index (χ2n) is 7.81. The number of rotatable bonds is 7. The van der Waals surface area contributed by atoms with E-state index in [0.717, 1.165) is 34.1 Å². The van der Waals surface area contributed by atoms with Crippen LogP contribution in [0.3, 0.4) is 0 Å². The van der Waals surface area contributed by atoms with Crippen molar-refractivity contribution >= 4 is 17.2 Å². The molecule has 7 nitrogen and oxygen atoms in total. The summed E-state index contributed by atoms with van der Waals surface area (Å²) in [6.45, 7) is 2.80. The highest BCUT2D eigenvalue weighted by Crippen LogP contribution is 2.29. The van der Waals surface area contributed by atoms with Gasteiger partial charge in [0.25, 0.3) is 0 Å². The van der Waals surface area contributed by atoms with Crippen LogP contribution in [0.25, 0.3) is 16.9 Å². The van der Waals surface area contributed by atoms with E-state index in [0.29, 0.717) is 6.54 Å². The standard InChI is InChI=1S/C25H25N7/c1-18(19-9-5-3-6-10-19)31(2)24-14-23(20-15-27-28-16-20)32-25(29-24)13-22(30-32)17-26-21-11-7-4-8-12-21/h3-16,18,26H,17H2,1-2H3,(H,27,28)/t18-/m0/s1. The van der Waals surface area contributed by atoms with Crippen molar-refractivity contribution in [2.45, 2.75) is 19.5 Å². The van der Waals surface area contributed by atoms with Gasteiger partial charge in [-0.15, -0.1) is 0 Å². The fourth-order valence-electron chi connectivity index (χ4n) is 3.77. The summed E-state index contributed by atoms with van der Waals surface area (Å²) < 4.78 is 1.89. The third-order valence-corrected chi connectivity index (χ3v) is 5.73. The lowest BCUT2D eigenvalue weighted by molar-refractivity contribution is 0.727. The molecule has 2 N–H and O–H groups in total. The molecule has 0 saturated carbocycles. The Balaban J connectivity index is 1.51. The Bertz CT molecular complexity index is 1290. The molecule has 0 aliphatic heterocycles. The predicted molar refractivity (Wildman–Crippen MR) is 128 cm³/mol. The molecule has 32 heavy (non-hydrogen) atoms. The van der Waals surface area contributed by atoms with Gasteiger partial charge >= 0.3 is 0 Å². The summed E-state index contributed by atoms with van der Waals surface area (Å²) in [6.07, 6.45) is 3.69. The average molecular weight is 424 g/mol. The summed E-state index contributed by atoms with van der Waals surface area (Å²) in [5.41, 5.74) is 5.92. The third-order valence-electron chi connectivity index (χ3n) is 5.73. The van der Waals surface area contributed by atoms with Gasteiger partial charge in [0.2, 0.25) is 0 Å². The fourth-order valence-corrected chi connectivity index (χ4v) is 3.77. The molecule has 3 aromatic heterocycles. The largest absolute Gasteiger partial charge is 0.379 e. The van der Waals surface area contributed by atoms with Crippen LogP contribution in [0.5, 0.6) is 0 Å². The maximum absolute atomic E-state index is 4.94. The summed E-state index contributed by atoms with van der Waals surface area (Å²) in [5, 5.41) is 15.3. The first-order valence-electron chi connectivity index (χ1n) is 10.6. The van der Waals surface area contributed by atoms with Crippen molar-refractivity contribution in [2.75, 3.05) is 17.3 Å². The lowest BCUT2D eigenvalue weighted by Crippen LogP contribution is -2.23. The summed E-state index contributed by atoms with van der Waals surface area (Å²) >= 11 is 0. The average Bonchev–Trinajstić information content (AvgIpc) is 3.52. The highest BCUT2D eigenvalue weighted by Gasteiger charge is 2.18. The first-order chi connectivity index (χ1) is 15.7. The molecule has 160 valence electrons. The lowest BCUT2D eigenvalue weighted by atomic mass is 10.1. The van der Waals surface area contributed by atoms with Gasteiger partial charge in [0.15, 0.2) is 5.65 Å². The van der Waals surface area contributed by atoms with Crippen molar-refractivity contribution in [1.82, 2.24) is 24.8 Å². The van der Waals surface area contributed by atoms with Crippen molar-refractivity contribution in [3.8, 4) is 11.3 Å². The van der Waals surface area contributed by atoms with E-state index in [1.807, 2.05) is 59.4 Å². The van der Waals surface area contributed by atoms with E-state index in [-0.39, 0.29) is 6.04 Å². The van der Waals surface area contributed by atoms with E-state index < -0.39 is 0 Å². The number of H-pyrrole nitrogens is 1. The quantitative estimate of drug-likeness (QED) is 0.388. The van der Waals surface area contributed by atoms with Crippen LogP contribution in [-0.4, -0.2) is 31.8 Å². The Morgan fingerprint density at radius 2 is 1.78 bits per heavy atom. The summed E-state index contributed by atoms with van der Waals surface area (Å²) in [6, 6.07) is 24.8. The molecule has 0 radical (unpaired) electrons. The topological polar surface area (TPSA) is 74.1 Å². The number of nitrogens with one attached hydrogen (secondary N) is 2. The maximum atomic E-state index is 4.94. The molecule has 7 heteroatoms. The molecule has 0 bridgehead atoms. The second-order valence-corrected chi connectivity index (χ2v) is 7.81. The van der Waals surface area contributed by atoms with Gasteiger partial charge < -0.3 is 10.2 Å². The van der Waals surface area contributed by atoms with Crippen molar-refractivity contribution < 1.29 is 0 Å². The number of hydrogen-bond donors (Lipinski definition) is 2. The van der Waals surface area contributed by atoms with Gasteiger partial charge in [-0.2, -0.15) is 10.2 Å². The number of hydrogen-bond acceptors (Lipinski definition) is 5. The van der Waals surface area contributed by atoms with E-state index >= 15 is 0 Å². The minimum Gasteiger partial charge on any atom is -0.379 e. The normalized spacial score (nSPS) is 12.1. The minimum absolute atomic E-state index is 0.172. The lowest BCUT2D eigenvalue weighted by Gasteiger charge is -2.27. The highest BCUT2D eigenvalue weighted by molar-refractivity contribution is 5.66. The van der Waals surface area contributed by atoms with Crippen LogP contribution in [0.4, 0.5) is 11.5 Å². The van der Waals surface area contributed by atoms with Gasteiger partial charge in [-0.05, 0) is 24.6 Å². The summed E-state index contributed by atoms with van der Waals surface area (Å²) in [7, 11) is 2.07. The van der Waals surface area contributed by atoms with Gasteiger partial charge in [-0.25, -0.2) is 9.50 Å². The van der Waals surface area contributed by atoms with E-state index in [2.05, 4.69) is 64.7 Å². The molecular formula is C25H25N7. The number of aromatic amines is 1. The Morgan fingerprint density at radius 3 is 2.50 bits per heavy atom. The maximum Gasteiger partial charge on any atom is 0.158 e. The van der Waals surface area contributed by atoms with Crippen LogP contribution < -0.4 is 10.2 Å². The molecule has 2 aromatic carbocycles. The van der Waals surface area contributed by atoms with E-state index in [9.17, 15) is 0 Å². The van der Waals surface area contributed by atoms with Crippen LogP contribution in [0.15, 0.2) is 85.2 Å². The molecule has 0 fully saturated rings. The number of fused-ring (bicyclic) bond motifs is 1. The van der Waals surface area contributed by atoms with Crippen LogP contribution in [0.2, 0.25) is 0 Å². The number of anilines is 2. The molecule has 1 atom stereocenters. The monoisotopic (exact) mass is 423 g/mol. The molecule has 5 rings (SSSR count). The van der Waals surface area contributed by atoms with Crippen molar-refractivity contribution in [2.24, 2.45) is 0 Å². The van der Waals surface area contributed by atoms with Crippen LogP contribution in [0, 0.1) is 0 Å². The zero-order chi connectivity index (χ0) is 21.9. The van der Waals surface area contributed by atoms with Crippen LogP contribution in [-0.2, 0) is 6.54 Å². The third kappa shape index (κ3) is 3.92. The minimum atomic E-state index is 0.172. The van der Waals surface area contributed by atoms with Gasteiger partial charge in [-0.3, -0.25) is 5.10 Å². The molecule has 5 aromatic rings. The smallest absolute Gasteiger partial charge is 0.158 e. The van der Waals surface area contributed by atoms with Gasteiger partial charge in [0, 0.05) is 36.6 Å². The number of para-hydroxylation sites is 1. The first kappa shape index (κ1) is 19.8. The molecule has 0 spiro atoms. The van der Waals surface area contributed by atoms with Crippen molar-refractivity contribution in [3.05, 3.63) is 96.4 Å². The van der Waals surface area contributed by atoms with Gasteiger partial charge in [0.05, 0.1) is 30.2 Å². The molecule has 0 amide bonds. The molecule has 0 saturated heterocycles. The Hall–Kier alpha value is -4.13. The molecule has 0 unspecified atom stereocenters. The number of nitrogens with zero attached hydrogens (tertiary/aromatic N) is 5. The first-order valence-corrected chi connectivity index (χ1v) is 10.6. The Morgan fingerprint density at radius 1 is 1.03 bits per heavy atom. The zero-order valence-electron chi connectivity index (χ0n) is 18.1. The number of aromatic nitrogens is 5. The second kappa shape index (κ2) is 8.55. The Kier molecular flexibility index (Phi) is 5.29. The van der Waals surface area contributed by atoms with Crippen molar-refractivity contribution in [1.29, 1.82) is 0 Å². The van der Waals surface area contributed by atoms with Crippen LogP contribution >= 0.6 is 0 Å². The van der Waals surface area contributed by atoms with E-state index in [1.165, 1.54) is 5.56 Å². The van der Waals surface area contributed by atoms with Gasteiger partial charge in [0.1, 0.15) is 5.82 Å². The van der Waals surface area contributed by atoms with Crippen molar-refractivity contribution in [3.63, 3.8) is 0 Å². The summed E-state index contributed by atoms with van der Waals surface area (Å²) in [4.78, 5) is 7.12. The summed E-state index contributed by atoms with van der Waals surface area (Å²) in [5.74, 6) is 0.882. The Labute approximate surface area is 186 Å². The number of benzene rings is 2. The van der Waals surface area contributed by atoms with Crippen LogP contribution in [0.1, 0.15) is 24.2 Å². The molecule has 3 heterocycles. The van der Waals surface area contributed by atoms with E-state index in [1.54, 1.807) is 0 Å². The van der Waals surface area contributed by atoms with E-state index in [4.69, 9.17) is 10.1 Å². The molecule has 0 aliphatic rings. The predicted octanol–water partition coefficient (Wildman–Crippen LogP) is 4.93. The SMILES string of the molecule is C[C@@H](c1ccccc1)N(C)c1cc(-c2cn[nH]c2)n2nc(CNc3ccccc3)cc2n1. The van der Waals surface area contributed by atoms with Gasteiger partial charge in [-0.1, -0.05) is 48.5 Å². The highest BCUT2D eigenvalue weighted by atomic mass is 15.3.